The number of halogens is 2. The Morgan fingerprint density at radius 3 is 2.80 bits per heavy atom. The van der Waals surface area contributed by atoms with Crippen LogP contribution in [-0.4, -0.2) is 23.4 Å². The summed E-state index contributed by atoms with van der Waals surface area (Å²) in [5, 5.41) is 3.69. The average molecular weight is 283 g/mol. The smallest absolute Gasteiger partial charge is 0.260 e. The summed E-state index contributed by atoms with van der Waals surface area (Å²) in [6.45, 7) is 4.12. The van der Waals surface area contributed by atoms with Gasteiger partial charge in [-0.15, -0.1) is 0 Å². The van der Waals surface area contributed by atoms with Crippen molar-refractivity contribution in [1.82, 2.24) is 10.1 Å². The molecule has 7 heteroatoms. The lowest BCUT2D eigenvalue weighted by molar-refractivity contribution is 0.130. The van der Waals surface area contributed by atoms with E-state index in [4.69, 9.17) is 15.0 Å². The maximum atomic E-state index is 13.7. The van der Waals surface area contributed by atoms with Gasteiger partial charge in [-0.1, -0.05) is 5.16 Å². The second-order valence-corrected chi connectivity index (χ2v) is 4.30. The predicted octanol–water partition coefficient (Wildman–Crippen LogP) is 2.36. The number of nitrogens with zero attached hydrogens (tertiary/aromatic N) is 2. The van der Waals surface area contributed by atoms with E-state index < -0.39 is 17.7 Å². The summed E-state index contributed by atoms with van der Waals surface area (Å²) in [7, 11) is 0. The van der Waals surface area contributed by atoms with E-state index in [9.17, 15) is 8.78 Å². The van der Waals surface area contributed by atoms with E-state index in [0.29, 0.717) is 12.2 Å². The molecule has 1 aromatic heterocycles. The van der Waals surface area contributed by atoms with Crippen molar-refractivity contribution in [2.24, 2.45) is 5.73 Å². The van der Waals surface area contributed by atoms with Crippen LogP contribution in [0.25, 0.3) is 11.5 Å². The van der Waals surface area contributed by atoms with Crippen molar-refractivity contribution in [3.8, 4) is 11.5 Å². The van der Waals surface area contributed by atoms with Gasteiger partial charge in [0.25, 0.3) is 5.89 Å². The first-order valence-electron chi connectivity index (χ1n) is 6.15. The number of benzene rings is 1. The summed E-state index contributed by atoms with van der Waals surface area (Å²) in [5.41, 5.74) is 6.14. The Morgan fingerprint density at radius 2 is 2.10 bits per heavy atom. The van der Waals surface area contributed by atoms with Gasteiger partial charge < -0.3 is 15.0 Å². The fourth-order valence-electron chi connectivity index (χ4n) is 1.64. The summed E-state index contributed by atoms with van der Waals surface area (Å²) in [5.74, 6) is -1.21. The molecule has 0 aliphatic heterocycles. The van der Waals surface area contributed by atoms with Crippen LogP contribution in [0.2, 0.25) is 0 Å². The lowest BCUT2D eigenvalue weighted by atomic mass is 10.1. The van der Waals surface area contributed by atoms with Gasteiger partial charge in [0, 0.05) is 12.7 Å². The normalized spacial score (nSPS) is 12.7. The Bertz CT molecular complexity index is 601. The zero-order valence-corrected chi connectivity index (χ0v) is 11.2. The summed E-state index contributed by atoms with van der Waals surface area (Å²) in [6, 6.07) is 1.54. The third-order valence-electron chi connectivity index (χ3n) is 2.75. The second-order valence-electron chi connectivity index (χ2n) is 4.30. The van der Waals surface area contributed by atoms with Crippen molar-refractivity contribution in [1.29, 1.82) is 0 Å². The fourth-order valence-corrected chi connectivity index (χ4v) is 1.64. The van der Waals surface area contributed by atoms with E-state index >= 15 is 0 Å². The molecule has 1 unspecified atom stereocenters. The van der Waals surface area contributed by atoms with Gasteiger partial charge >= 0.3 is 0 Å². The molecule has 1 atom stereocenters. The van der Waals surface area contributed by atoms with Gasteiger partial charge in [-0.25, -0.2) is 8.78 Å². The van der Waals surface area contributed by atoms with Gasteiger partial charge in [-0.05, 0) is 25.5 Å². The first kappa shape index (κ1) is 14.5. The minimum Gasteiger partial charge on any atom is -0.380 e. The van der Waals surface area contributed by atoms with Gasteiger partial charge in [-0.2, -0.15) is 4.98 Å². The van der Waals surface area contributed by atoms with E-state index in [0.717, 1.165) is 6.07 Å². The van der Waals surface area contributed by atoms with Crippen molar-refractivity contribution in [2.45, 2.75) is 19.9 Å². The lowest BCUT2D eigenvalue weighted by Crippen LogP contribution is -2.18. The van der Waals surface area contributed by atoms with E-state index in [1.807, 2.05) is 6.92 Å². The minimum atomic E-state index is -0.762. The second kappa shape index (κ2) is 6.06. The Hall–Kier alpha value is -1.86. The van der Waals surface area contributed by atoms with E-state index in [1.165, 1.54) is 13.0 Å². The topological polar surface area (TPSA) is 74.2 Å². The highest BCUT2D eigenvalue weighted by Crippen LogP contribution is 2.24. The number of hydrogen-bond donors (Lipinski definition) is 1. The highest BCUT2D eigenvalue weighted by molar-refractivity contribution is 5.55. The third kappa shape index (κ3) is 3.00. The molecule has 0 radical (unpaired) electrons. The molecule has 1 heterocycles. The molecule has 20 heavy (non-hydrogen) atoms. The Morgan fingerprint density at radius 1 is 1.35 bits per heavy atom. The first-order chi connectivity index (χ1) is 9.52. The molecule has 0 aliphatic carbocycles. The average Bonchev–Trinajstić information content (AvgIpc) is 2.89. The molecule has 0 saturated heterocycles. The van der Waals surface area contributed by atoms with Crippen molar-refractivity contribution in [3.05, 3.63) is 35.2 Å². The summed E-state index contributed by atoms with van der Waals surface area (Å²) in [4.78, 5) is 4.02. The summed E-state index contributed by atoms with van der Waals surface area (Å²) < 4.78 is 37.0. The van der Waals surface area contributed by atoms with Gasteiger partial charge in [0.15, 0.2) is 5.82 Å². The third-order valence-corrected chi connectivity index (χ3v) is 2.75. The molecule has 108 valence electrons. The van der Waals surface area contributed by atoms with Crippen LogP contribution in [-0.2, 0) is 4.74 Å². The Balaban J connectivity index is 2.27. The molecule has 0 spiro atoms. The van der Waals surface area contributed by atoms with E-state index in [1.54, 1.807) is 0 Å². The zero-order valence-electron chi connectivity index (χ0n) is 11.2. The molecule has 0 fully saturated rings. The molecule has 1 aromatic carbocycles. The minimum absolute atomic E-state index is 0.0347. The monoisotopic (exact) mass is 283 g/mol. The number of ether oxygens (including phenoxy) is 1. The Kier molecular flexibility index (Phi) is 4.41. The molecule has 0 bridgehead atoms. The van der Waals surface area contributed by atoms with Crippen LogP contribution in [0.1, 0.15) is 24.4 Å². The SMILES string of the molecule is CCOCC(N)c1noc(-c2cc(C)c(F)cc2F)n1. The Labute approximate surface area is 114 Å². The highest BCUT2D eigenvalue weighted by atomic mass is 19.1. The molecule has 0 aliphatic rings. The van der Waals surface area contributed by atoms with Crippen LogP contribution in [0.3, 0.4) is 0 Å². The van der Waals surface area contributed by atoms with E-state index in [-0.39, 0.29) is 23.9 Å². The van der Waals surface area contributed by atoms with Crippen molar-refractivity contribution in [3.63, 3.8) is 0 Å². The first-order valence-corrected chi connectivity index (χ1v) is 6.15. The molecular weight excluding hydrogens is 268 g/mol. The van der Waals surface area contributed by atoms with Gasteiger partial charge in [-0.3, -0.25) is 0 Å². The number of hydrogen-bond acceptors (Lipinski definition) is 5. The molecular formula is C13H15F2N3O2. The fraction of sp³-hybridized carbons (Fsp3) is 0.385. The summed E-state index contributed by atoms with van der Waals surface area (Å²) in [6.07, 6.45) is 0. The number of rotatable bonds is 5. The van der Waals surface area contributed by atoms with Crippen LogP contribution in [0.15, 0.2) is 16.7 Å². The number of aromatic nitrogens is 2. The maximum absolute atomic E-state index is 13.7. The molecule has 2 rings (SSSR count). The van der Waals surface area contributed by atoms with Crippen molar-refractivity contribution < 1.29 is 18.0 Å². The van der Waals surface area contributed by atoms with Crippen molar-refractivity contribution >= 4 is 0 Å². The van der Waals surface area contributed by atoms with Crippen LogP contribution >= 0.6 is 0 Å². The zero-order chi connectivity index (χ0) is 14.7. The number of nitrogens with two attached hydrogens (primary N) is 1. The van der Waals surface area contributed by atoms with Crippen LogP contribution in [0.5, 0.6) is 0 Å². The lowest BCUT2D eigenvalue weighted by Gasteiger charge is -2.05. The highest BCUT2D eigenvalue weighted by Gasteiger charge is 2.19. The van der Waals surface area contributed by atoms with Gasteiger partial charge in [0.2, 0.25) is 0 Å². The molecule has 2 N–H and O–H groups in total. The quantitative estimate of drug-likeness (QED) is 0.911. The molecule has 0 amide bonds. The van der Waals surface area contributed by atoms with Crippen LogP contribution in [0.4, 0.5) is 8.78 Å². The van der Waals surface area contributed by atoms with Crippen LogP contribution in [0, 0.1) is 18.6 Å². The maximum Gasteiger partial charge on any atom is 0.260 e. The van der Waals surface area contributed by atoms with Crippen molar-refractivity contribution in [2.75, 3.05) is 13.2 Å². The van der Waals surface area contributed by atoms with Crippen LogP contribution < -0.4 is 5.73 Å². The van der Waals surface area contributed by atoms with E-state index in [2.05, 4.69) is 10.1 Å². The van der Waals surface area contributed by atoms with Gasteiger partial charge in [0.05, 0.1) is 18.2 Å². The molecule has 2 aromatic rings. The standard InChI is InChI=1S/C13H15F2N3O2/c1-3-19-6-11(16)12-17-13(20-18-12)8-4-7(2)9(14)5-10(8)15/h4-5,11H,3,6,16H2,1-2H3. The number of aryl methyl sites for hydroxylation is 1. The predicted molar refractivity (Wildman–Crippen MR) is 67.8 cm³/mol. The molecule has 5 nitrogen and oxygen atoms in total. The summed E-state index contributed by atoms with van der Waals surface area (Å²) >= 11 is 0. The largest absolute Gasteiger partial charge is 0.380 e. The molecule has 0 saturated carbocycles. The van der Waals surface area contributed by atoms with Gasteiger partial charge in [0.1, 0.15) is 11.6 Å².